The Morgan fingerprint density at radius 1 is 1.24 bits per heavy atom. The molecule has 0 bridgehead atoms. The van der Waals surface area contributed by atoms with E-state index in [0.29, 0.717) is 12.5 Å². The Morgan fingerprint density at radius 2 is 1.94 bits per heavy atom. The lowest BCUT2D eigenvalue weighted by Crippen LogP contribution is -2.40. The van der Waals surface area contributed by atoms with Crippen LogP contribution in [-0.4, -0.2) is 36.6 Å². The van der Waals surface area contributed by atoms with Crippen molar-refractivity contribution in [3.8, 4) is 0 Å². The van der Waals surface area contributed by atoms with E-state index in [-0.39, 0.29) is 12.0 Å². The third-order valence-corrected chi connectivity index (χ3v) is 4.35. The molecule has 1 amide bonds. The number of hydrogen-bond acceptors (Lipinski definition) is 2. The van der Waals surface area contributed by atoms with Crippen LogP contribution in [0.1, 0.15) is 51.9 Å². The zero-order chi connectivity index (χ0) is 12.3. The molecule has 1 heterocycles. The topological polar surface area (TPSA) is 29.5 Å². The SMILES string of the molecule is CC1CCC(N(C)C(=O)CC2CCCO2)CC1. The van der Waals surface area contributed by atoms with E-state index in [0.717, 1.165) is 25.4 Å². The molecule has 0 aromatic rings. The number of carbonyl (C=O) groups is 1. The number of amides is 1. The molecule has 1 atom stereocenters. The van der Waals surface area contributed by atoms with Crippen LogP contribution in [0, 0.1) is 5.92 Å². The summed E-state index contributed by atoms with van der Waals surface area (Å²) in [5, 5.41) is 0. The highest BCUT2D eigenvalue weighted by Gasteiger charge is 2.27. The van der Waals surface area contributed by atoms with Gasteiger partial charge in [-0.15, -0.1) is 0 Å². The van der Waals surface area contributed by atoms with Gasteiger partial charge in [0, 0.05) is 19.7 Å². The minimum absolute atomic E-state index is 0.187. The highest BCUT2D eigenvalue weighted by atomic mass is 16.5. The van der Waals surface area contributed by atoms with Crippen molar-refractivity contribution in [3.05, 3.63) is 0 Å². The normalized spacial score (nSPS) is 33.6. The average molecular weight is 239 g/mol. The van der Waals surface area contributed by atoms with Crippen LogP contribution < -0.4 is 0 Å². The number of hydrogen-bond donors (Lipinski definition) is 0. The zero-order valence-electron chi connectivity index (χ0n) is 11.2. The van der Waals surface area contributed by atoms with Crippen LogP contribution in [0.2, 0.25) is 0 Å². The van der Waals surface area contributed by atoms with Crippen molar-refractivity contribution >= 4 is 5.91 Å². The van der Waals surface area contributed by atoms with Crippen LogP contribution in [0.3, 0.4) is 0 Å². The van der Waals surface area contributed by atoms with E-state index in [4.69, 9.17) is 4.74 Å². The van der Waals surface area contributed by atoms with E-state index in [1.165, 1.54) is 25.7 Å². The highest BCUT2D eigenvalue weighted by molar-refractivity contribution is 5.76. The second-order valence-corrected chi connectivity index (χ2v) is 5.76. The third kappa shape index (κ3) is 3.44. The molecular weight excluding hydrogens is 214 g/mol. The van der Waals surface area contributed by atoms with Crippen LogP contribution in [0.5, 0.6) is 0 Å². The molecule has 0 radical (unpaired) electrons. The van der Waals surface area contributed by atoms with Crippen molar-refractivity contribution in [1.29, 1.82) is 0 Å². The number of ether oxygens (including phenoxy) is 1. The highest BCUT2D eigenvalue weighted by Crippen LogP contribution is 2.27. The molecule has 3 heteroatoms. The molecular formula is C14H25NO2. The zero-order valence-corrected chi connectivity index (χ0v) is 11.2. The van der Waals surface area contributed by atoms with E-state index in [1.807, 2.05) is 11.9 Å². The Hall–Kier alpha value is -0.570. The lowest BCUT2D eigenvalue weighted by Gasteiger charge is -2.34. The molecule has 2 aliphatic rings. The van der Waals surface area contributed by atoms with Gasteiger partial charge in [-0.3, -0.25) is 4.79 Å². The standard InChI is InChI=1S/C14H25NO2/c1-11-5-7-12(8-6-11)15(2)14(16)10-13-4-3-9-17-13/h11-13H,3-10H2,1-2H3. The fourth-order valence-corrected chi connectivity index (χ4v) is 2.98. The van der Waals surface area contributed by atoms with Crippen molar-refractivity contribution in [2.45, 2.75) is 64.0 Å². The molecule has 0 N–H and O–H groups in total. The maximum Gasteiger partial charge on any atom is 0.225 e. The first kappa shape index (κ1) is 12.9. The largest absolute Gasteiger partial charge is 0.378 e. The maximum atomic E-state index is 12.1. The van der Waals surface area contributed by atoms with Gasteiger partial charge in [0.2, 0.25) is 5.91 Å². The van der Waals surface area contributed by atoms with Crippen LogP contribution in [-0.2, 0) is 9.53 Å². The molecule has 1 unspecified atom stereocenters. The van der Waals surface area contributed by atoms with E-state index in [9.17, 15) is 4.79 Å². The maximum absolute atomic E-state index is 12.1. The van der Waals surface area contributed by atoms with Crippen LogP contribution in [0.15, 0.2) is 0 Å². The minimum atomic E-state index is 0.187. The van der Waals surface area contributed by atoms with Gasteiger partial charge in [-0.25, -0.2) is 0 Å². The molecule has 1 saturated carbocycles. The van der Waals surface area contributed by atoms with Crippen molar-refractivity contribution in [1.82, 2.24) is 4.90 Å². The summed E-state index contributed by atoms with van der Waals surface area (Å²) >= 11 is 0. The summed E-state index contributed by atoms with van der Waals surface area (Å²) < 4.78 is 5.53. The third-order valence-electron chi connectivity index (χ3n) is 4.35. The molecule has 3 nitrogen and oxygen atoms in total. The molecule has 98 valence electrons. The van der Waals surface area contributed by atoms with Crippen molar-refractivity contribution in [3.63, 3.8) is 0 Å². The van der Waals surface area contributed by atoms with Gasteiger partial charge >= 0.3 is 0 Å². The number of rotatable bonds is 3. The Kier molecular flexibility index (Phi) is 4.43. The average Bonchev–Trinajstić information content (AvgIpc) is 2.82. The second kappa shape index (κ2) is 5.85. The first-order valence-electron chi connectivity index (χ1n) is 7.04. The lowest BCUT2D eigenvalue weighted by atomic mass is 9.86. The first-order valence-corrected chi connectivity index (χ1v) is 7.04. The molecule has 1 saturated heterocycles. The quantitative estimate of drug-likeness (QED) is 0.757. The van der Waals surface area contributed by atoms with E-state index < -0.39 is 0 Å². The van der Waals surface area contributed by atoms with Crippen molar-refractivity contribution in [2.75, 3.05) is 13.7 Å². The Bertz CT molecular complexity index is 253. The van der Waals surface area contributed by atoms with Gasteiger partial charge in [-0.1, -0.05) is 6.92 Å². The number of carbonyl (C=O) groups excluding carboxylic acids is 1. The molecule has 0 aromatic heterocycles. The predicted molar refractivity (Wildman–Crippen MR) is 67.8 cm³/mol. The fourth-order valence-electron chi connectivity index (χ4n) is 2.98. The molecule has 1 aliphatic heterocycles. The Labute approximate surface area is 105 Å². The van der Waals surface area contributed by atoms with Crippen LogP contribution in [0.4, 0.5) is 0 Å². The molecule has 0 aromatic carbocycles. The van der Waals surface area contributed by atoms with Gasteiger partial charge < -0.3 is 9.64 Å². The fraction of sp³-hybridized carbons (Fsp3) is 0.929. The molecule has 0 spiro atoms. The van der Waals surface area contributed by atoms with Gasteiger partial charge in [0.1, 0.15) is 0 Å². The second-order valence-electron chi connectivity index (χ2n) is 5.76. The molecule has 2 fully saturated rings. The van der Waals surface area contributed by atoms with Gasteiger partial charge in [0.15, 0.2) is 0 Å². The van der Waals surface area contributed by atoms with Crippen molar-refractivity contribution in [2.24, 2.45) is 5.92 Å². The monoisotopic (exact) mass is 239 g/mol. The summed E-state index contributed by atoms with van der Waals surface area (Å²) in [6.07, 6.45) is 7.83. The van der Waals surface area contributed by atoms with E-state index in [1.54, 1.807) is 0 Å². The molecule has 1 aliphatic carbocycles. The van der Waals surface area contributed by atoms with Crippen LogP contribution in [0.25, 0.3) is 0 Å². The molecule has 2 rings (SSSR count). The summed E-state index contributed by atoms with van der Waals surface area (Å²) in [5.41, 5.74) is 0. The van der Waals surface area contributed by atoms with Gasteiger partial charge in [0.05, 0.1) is 12.5 Å². The smallest absolute Gasteiger partial charge is 0.225 e. The Balaban J connectivity index is 1.77. The summed E-state index contributed by atoms with van der Waals surface area (Å²) in [5.74, 6) is 1.12. The summed E-state index contributed by atoms with van der Waals surface area (Å²) in [7, 11) is 1.97. The molecule has 17 heavy (non-hydrogen) atoms. The minimum Gasteiger partial charge on any atom is -0.378 e. The summed E-state index contributed by atoms with van der Waals surface area (Å²) in [6.45, 7) is 3.15. The van der Waals surface area contributed by atoms with E-state index >= 15 is 0 Å². The summed E-state index contributed by atoms with van der Waals surface area (Å²) in [4.78, 5) is 14.1. The van der Waals surface area contributed by atoms with Crippen LogP contribution >= 0.6 is 0 Å². The van der Waals surface area contributed by atoms with Gasteiger partial charge in [-0.05, 0) is 44.4 Å². The predicted octanol–water partition coefficient (Wildman–Crippen LogP) is 2.59. The summed E-state index contributed by atoms with van der Waals surface area (Å²) in [6, 6.07) is 0.472. The van der Waals surface area contributed by atoms with Gasteiger partial charge in [-0.2, -0.15) is 0 Å². The number of nitrogens with zero attached hydrogens (tertiary/aromatic N) is 1. The lowest BCUT2D eigenvalue weighted by molar-refractivity contribution is -0.135. The first-order chi connectivity index (χ1) is 8.16. The van der Waals surface area contributed by atoms with Gasteiger partial charge in [0.25, 0.3) is 0 Å². The van der Waals surface area contributed by atoms with E-state index in [2.05, 4.69) is 6.92 Å². The Morgan fingerprint density at radius 3 is 2.53 bits per heavy atom. The van der Waals surface area contributed by atoms with Crippen molar-refractivity contribution < 1.29 is 9.53 Å².